The Kier molecular flexibility index (Phi) is 3.06. The van der Waals surface area contributed by atoms with E-state index in [9.17, 15) is 4.79 Å². The Hall–Kier alpha value is -2.14. The summed E-state index contributed by atoms with van der Waals surface area (Å²) in [5.41, 5.74) is 3.23. The van der Waals surface area contributed by atoms with Gasteiger partial charge in [-0.25, -0.2) is 9.78 Å². The molecule has 1 N–H and O–H groups in total. The van der Waals surface area contributed by atoms with E-state index in [1.165, 1.54) is 12.1 Å². The number of carboxylic acid groups (broad SMARTS) is 1. The van der Waals surface area contributed by atoms with E-state index >= 15 is 0 Å². The fourth-order valence-electron chi connectivity index (χ4n) is 2.04. The first-order valence-corrected chi connectivity index (χ1v) is 6.74. The third kappa shape index (κ3) is 2.32. The smallest absolute Gasteiger partial charge is 0.335 e. The van der Waals surface area contributed by atoms with Crippen molar-refractivity contribution in [2.45, 2.75) is 6.92 Å². The number of benzene rings is 2. The molecule has 0 fully saturated rings. The molecule has 0 atom stereocenters. The van der Waals surface area contributed by atoms with E-state index in [2.05, 4.69) is 20.9 Å². The van der Waals surface area contributed by atoms with Gasteiger partial charge in [0.1, 0.15) is 5.52 Å². The van der Waals surface area contributed by atoms with Crippen LogP contribution in [0.15, 0.2) is 45.3 Å². The molecule has 3 rings (SSSR count). The highest BCUT2D eigenvalue weighted by Gasteiger charge is 2.11. The second kappa shape index (κ2) is 4.76. The van der Waals surface area contributed by atoms with Crippen LogP contribution in [0.2, 0.25) is 0 Å². The van der Waals surface area contributed by atoms with Crippen LogP contribution in [0.5, 0.6) is 0 Å². The minimum absolute atomic E-state index is 0.186. The number of fused-ring (bicyclic) bond motifs is 1. The molecule has 100 valence electrons. The molecule has 20 heavy (non-hydrogen) atoms. The van der Waals surface area contributed by atoms with Crippen molar-refractivity contribution in [2.75, 3.05) is 0 Å². The fourth-order valence-corrected chi connectivity index (χ4v) is 2.65. The summed E-state index contributed by atoms with van der Waals surface area (Å²) in [6.07, 6.45) is 0. The number of hydrogen-bond donors (Lipinski definition) is 1. The van der Waals surface area contributed by atoms with Crippen LogP contribution in [0.4, 0.5) is 0 Å². The highest BCUT2D eigenvalue weighted by Crippen LogP contribution is 2.28. The van der Waals surface area contributed by atoms with Crippen LogP contribution >= 0.6 is 15.9 Å². The van der Waals surface area contributed by atoms with Crippen molar-refractivity contribution in [3.63, 3.8) is 0 Å². The first kappa shape index (κ1) is 12.9. The summed E-state index contributed by atoms with van der Waals surface area (Å²) in [7, 11) is 0. The topological polar surface area (TPSA) is 63.3 Å². The summed E-state index contributed by atoms with van der Waals surface area (Å²) >= 11 is 3.44. The van der Waals surface area contributed by atoms with Gasteiger partial charge in [0.25, 0.3) is 0 Å². The van der Waals surface area contributed by atoms with Gasteiger partial charge in [0.2, 0.25) is 5.89 Å². The Morgan fingerprint density at radius 2 is 2.05 bits per heavy atom. The second-order valence-electron chi connectivity index (χ2n) is 4.52. The summed E-state index contributed by atoms with van der Waals surface area (Å²) in [4.78, 5) is 15.3. The Morgan fingerprint density at radius 1 is 1.25 bits per heavy atom. The number of aromatic nitrogens is 1. The van der Waals surface area contributed by atoms with Crippen LogP contribution < -0.4 is 0 Å². The van der Waals surface area contributed by atoms with Gasteiger partial charge < -0.3 is 9.52 Å². The molecule has 0 saturated carbocycles. The first-order valence-electron chi connectivity index (χ1n) is 5.94. The fraction of sp³-hybridized carbons (Fsp3) is 0.0667. The van der Waals surface area contributed by atoms with Crippen LogP contribution in [0, 0.1) is 6.92 Å². The number of rotatable bonds is 2. The number of halogens is 1. The molecule has 1 aromatic heterocycles. The third-order valence-electron chi connectivity index (χ3n) is 2.92. The third-order valence-corrected chi connectivity index (χ3v) is 3.38. The van der Waals surface area contributed by atoms with E-state index in [1.807, 2.05) is 25.1 Å². The maximum Gasteiger partial charge on any atom is 0.335 e. The lowest BCUT2D eigenvalue weighted by molar-refractivity contribution is 0.0697. The Morgan fingerprint density at radius 3 is 2.75 bits per heavy atom. The van der Waals surface area contributed by atoms with Crippen molar-refractivity contribution in [1.82, 2.24) is 4.98 Å². The highest BCUT2D eigenvalue weighted by atomic mass is 79.9. The predicted molar refractivity (Wildman–Crippen MR) is 78.8 cm³/mol. The number of aryl methyl sites for hydroxylation is 1. The Balaban J connectivity index is 2.15. The molecule has 0 bridgehead atoms. The van der Waals surface area contributed by atoms with E-state index < -0.39 is 5.97 Å². The zero-order valence-electron chi connectivity index (χ0n) is 10.6. The molecule has 0 amide bonds. The maximum absolute atomic E-state index is 10.9. The summed E-state index contributed by atoms with van der Waals surface area (Å²) < 4.78 is 6.60. The van der Waals surface area contributed by atoms with Gasteiger partial charge in [0.05, 0.1) is 5.56 Å². The molecular weight excluding hydrogens is 322 g/mol. The largest absolute Gasteiger partial charge is 0.478 e. The minimum atomic E-state index is -0.983. The lowest BCUT2D eigenvalue weighted by Gasteiger charge is -1.99. The van der Waals surface area contributed by atoms with Crippen molar-refractivity contribution in [1.29, 1.82) is 0 Å². The molecule has 2 aromatic carbocycles. The van der Waals surface area contributed by atoms with Gasteiger partial charge in [-0.15, -0.1) is 0 Å². The number of carboxylic acids is 1. The zero-order valence-corrected chi connectivity index (χ0v) is 12.1. The number of nitrogens with zero attached hydrogens (tertiary/aromatic N) is 1. The molecule has 0 aliphatic carbocycles. The molecule has 3 aromatic rings. The molecule has 1 heterocycles. The number of carbonyl (C=O) groups is 1. The van der Waals surface area contributed by atoms with Crippen molar-refractivity contribution >= 4 is 33.0 Å². The monoisotopic (exact) mass is 331 g/mol. The van der Waals surface area contributed by atoms with Crippen molar-refractivity contribution in [3.05, 3.63) is 52.0 Å². The molecule has 0 saturated heterocycles. The van der Waals surface area contributed by atoms with Crippen LogP contribution in [0.25, 0.3) is 22.6 Å². The Bertz CT molecular complexity index is 803. The predicted octanol–water partition coefficient (Wildman–Crippen LogP) is 4.26. The summed E-state index contributed by atoms with van der Waals surface area (Å²) in [6.45, 7) is 1.99. The number of hydrogen-bond acceptors (Lipinski definition) is 3. The molecule has 4 nitrogen and oxygen atoms in total. The van der Waals surface area contributed by atoms with Gasteiger partial charge in [-0.05, 0) is 48.9 Å². The number of oxazole rings is 1. The van der Waals surface area contributed by atoms with Crippen LogP contribution in [-0.2, 0) is 0 Å². The van der Waals surface area contributed by atoms with Gasteiger partial charge in [0.15, 0.2) is 5.58 Å². The van der Waals surface area contributed by atoms with E-state index in [4.69, 9.17) is 9.52 Å². The lowest BCUT2D eigenvalue weighted by atomic mass is 10.1. The van der Waals surface area contributed by atoms with Gasteiger partial charge >= 0.3 is 5.97 Å². The van der Waals surface area contributed by atoms with Gasteiger partial charge in [-0.3, -0.25) is 0 Å². The van der Waals surface area contributed by atoms with Crippen LogP contribution in [-0.4, -0.2) is 16.1 Å². The molecule has 0 spiro atoms. The van der Waals surface area contributed by atoms with E-state index in [1.54, 1.807) is 6.07 Å². The average molecular weight is 332 g/mol. The van der Waals surface area contributed by atoms with E-state index in [0.717, 1.165) is 15.6 Å². The second-order valence-corrected chi connectivity index (χ2v) is 5.44. The van der Waals surface area contributed by atoms with E-state index in [-0.39, 0.29) is 5.56 Å². The van der Waals surface area contributed by atoms with Crippen molar-refractivity contribution in [3.8, 4) is 11.5 Å². The molecule has 0 aliphatic heterocycles. The molecule has 0 unspecified atom stereocenters. The molecular formula is C15H10BrNO3. The van der Waals surface area contributed by atoms with Crippen molar-refractivity contribution in [2.24, 2.45) is 0 Å². The quantitative estimate of drug-likeness (QED) is 0.761. The SMILES string of the molecule is Cc1cc(Br)cc(-c2nc3ccc(C(=O)O)cc3o2)c1. The van der Waals surface area contributed by atoms with Gasteiger partial charge in [0, 0.05) is 10.0 Å². The summed E-state index contributed by atoms with van der Waals surface area (Å²) in [5.74, 6) is -0.505. The lowest BCUT2D eigenvalue weighted by Crippen LogP contribution is -1.94. The minimum Gasteiger partial charge on any atom is -0.478 e. The van der Waals surface area contributed by atoms with Crippen LogP contribution in [0.1, 0.15) is 15.9 Å². The Labute approximate surface area is 123 Å². The summed E-state index contributed by atoms with van der Waals surface area (Å²) in [6, 6.07) is 10.5. The zero-order chi connectivity index (χ0) is 14.3. The van der Waals surface area contributed by atoms with Gasteiger partial charge in [-0.2, -0.15) is 0 Å². The molecule has 0 radical (unpaired) electrons. The first-order chi connectivity index (χ1) is 9.52. The highest BCUT2D eigenvalue weighted by molar-refractivity contribution is 9.10. The van der Waals surface area contributed by atoms with Crippen LogP contribution in [0.3, 0.4) is 0 Å². The average Bonchev–Trinajstić information content (AvgIpc) is 2.80. The standard InChI is InChI=1S/C15H10BrNO3/c1-8-4-10(6-11(16)5-8)14-17-12-3-2-9(15(18)19)7-13(12)20-14/h2-7H,1H3,(H,18,19). The van der Waals surface area contributed by atoms with E-state index in [0.29, 0.717) is 17.0 Å². The normalized spacial score (nSPS) is 10.9. The number of aromatic carboxylic acids is 1. The summed E-state index contributed by atoms with van der Waals surface area (Å²) in [5, 5.41) is 8.97. The molecule has 5 heteroatoms. The maximum atomic E-state index is 10.9. The van der Waals surface area contributed by atoms with Crippen molar-refractivity contribution < 1.29 is 14.3 Å². The molecule has 0 aliphatic rings. The van der Waals surface area contributed by atoms with Gasteiger partial charge in [-0.1, -0.05) is 15.9 Å².